The Morgan fingerprint density at radius 2 is 1.79 bits per heavy atom. The van der Waals surface area contributed by atoms with Crippen molar-refractivity contribution in [1.82, 2.24) is 10.3 Å². The molecule has 0 aliphatic rings. The first-order chi connectivity index (χ1) is 13.3. The van der Waals surface area contributed by atoms with E-state index in [1.807, 2.05) is 18.5 Å². The molecule has 0 spiro atoms. The zero-order valence-electron chi connectivity index (χ0n) is 16.2. The third-order valence-corrected chi connectivity index (χ3v) is 5.23. The van der Waals surface area contributed by atoms with Gasteiger partial charge in [0.1, 0.15) is 5.58 Å². The molecule has 0 radical (unpaired) electrons. The molecule has 146 valence electrons. The Morgan fingerprint density at radius 3 is 2.71 bits per heavy atom. The summed E-state index contributed by atoms with van der Waals surface area (Å²) in [7, 11) is 0. The summed E-state index contributed by atoms with van der Waals surface area (Å²) in [6.45, 7) is 3.19. The lowest BCUT2D eigenvalue weighted by atomic mass is 10.0. The van der Waals surface area contributed by atoms with Crippen molar-refractivity contribution in [3.8, 4) is 0 Å². The highest BCUT2D eigenvalue weighted by Crippen LogP contribution is 2.19. The Balaban J connectivity index is 0.00000225. The predicted molar refractivity (Wildman–Crippen MR) is 119 cm³/mol. The van der Waals surface area contributed by atoms with Crippen molar-refractivity contribution in [2.24, 2.45) is 0 Å². The molecule has 4 heteroatoms. The molecular formula is C24H27ClN2O. The summed E-state index contributed by atoms with van der Waals surface area (Å²) >= 11 is 0. The second-order valence-corrected chi connectivity index (χ2v) is 7.38. The largest absolute Gasteiger partial charge is 0.464 e. The van der Waals surface area contributed by atoms with E-state index in [0.717, 1.165) is 18.5 Å². The number of fused-ring (bicyclic) bond motifs is 2. The number of halogens is 1. The fraction of sp³-hybridized carbons (Fsp3) is 0.292. The molecule has 4 aromatic rings. The lowest BCUT2D eigenvalue weighted by molar-refractivity contribution is 0.489. The first-order valence-corrected chi connectivity index (χ1v) is 9.80. The van der Waals surface area contributed by atoms with E-state index in [2.05, 4.69) is 59.7 Å². The monoisotopic (exact) mass is 394 g/mol. The van der Waals surface area contributed by atoms with Crippen molar-refractivity contribution in [3.63, 3.8) is 0 Å². The quantitative estimate of drug-likeness (QED) is 0.356. The summed E-state index contributed by atoms with van der Waals surface area (Å²) in [4.78, 5) is 4.17. The minimum atomic E-state index is 0. The van der Waals surface area contributed by atoms with Crippen LogP contribution >= 0.6 is 12.4 Å². The molecule has 1 atom stereocenters. The van der Waals surface area contributed by atoms with Crippen LogP contribution in [0.15, 0.2) is 71.6 Å². The van der Waals surface area contributed by atoms with E-state index in [-0.39, 0.29) is 12.4 Å². The van der Waals surface area contributed by atoms with Crippen LogP contribution in [0.4, 0.5) is 0 Å². The average Bonchev–Trinajstić information content (AvgIpc) is 3.17. The molecule has 0 amide bonds. The van der Waals surface area contributed by atoms with Crippen molar-refractivity contribution in [1.29, 1.82) is 0 Å². The topological polar surface area (TPSA) is 38.1 Å². The first-order valence-electron chi connectivity index (χ1n) is 9.80. The van der Waals surface area contributed by atoms with Gasteiger partial charge in [-0.05, 0) is 73.0 Å². The number of nitrogens with one attached hydrogen (secondary N) is 1. The van der Waals surface area contributed by atoms with Gasteiger partial charge in [-0.1, -0.05) is 24.6 Å². The molecule has 0 saturated heterocycles. The number of rotatable bonds is 8. The second kappa shape index (κ2) is 9.72. The first kappa shape index (κ1) is 20.4. The van der Waals surface area contributed by atoms with Crippen LogP contribution in [0.25, 0.3) is 21.7 Å². The number of aromatic nitrogens is 1. The number of aryl methyl sites for hydroxylation is 1. The van der Waals surface area contributed by atoms with E-state index in [4.69, 9.17) is 4.42 Å². The SMILES string of the molecule is C[C@H](CCCCc1ccc2occc2c1)NCc1ccc2cnccc2c1.Cl. The normalized spacial score (nSPS) is 12.2. The zero-order chi connectivity index (χ0) is 18.5. The van der Waals surface area contributed by atoms with Crippen LogP contribution < -0.4 is 5.32 Å². The molecule has 0 saturated carbocycles. The van der Waals surface area contributed by atoms with Gasteiger partial charge in [-0.2, -0.15) is 0 Å². The van der Waals surface area contributed by atoms with Crippen molar-refractivity contribution in [2.45, 2.75) is 45.2 Å². The van der Waals surface area contributed by atoms with E-state index in [1.54, 1.807) is 6.26 Å². The highest BCUT2D eigenvalue weighted by atomic mass is 35.5. The van der Waals surface area contributed by atoms with Gasteiger partial charge in [0.2, 0.25) is 0 Å². The van der Waals surface area contributed by atoms with Gasteiger partial charge in [-0.25, -0.2) is 0 Å². The maximum atomic E-state index is 5.41. The van der Waals surface area contributed by atoms with Gasteiger partial charge in [0, 0.05) is 35.8 Å². The van der Waals surface area contributed by atoms with Crippen LogP contribution in [0, 0.1) is 0 Å². The van der Waals surface area contributed by atoms with Crippen LogP contribution in [-0.2, 0) is 13.0 Å². The number of furan rings is 1. The molecule has 2 aromatic carbocycles. The van der Waals surface area contributed by atoms with Gasteiger partial charge in [-0.15, -0.1) is 12.4 Å². The predicted octanol–water partition coefficient (Wildman–Crippen LogP) is 6.29. The van der Waals surface area contributed by atoms with E-state index < -0.39 is 0 Å². The van der Waals surface area contributed by atoms with Crippen LogP contribution in [0.2, 0.25) is 0 Å². The number of hydrogen-bond acceptors (Lipinski definition) is 3. The van der Waals surface area contributed by atoms with Gasteiger partial charge in [0.25, 0.3) is 0 Å². The molecule has 0 unspecified atom stereocenters. The Morgan fingerprint density at radius 1 is 0.929 bits per heavy atom. The minimum Gasteiger partial charge on any atom is -0.464 e. The summed E-state index contributed by atoms with van der Waals surface area (Å²) in [5.74, 6) is 0. The molecule has 28 heavy (non-hydrogen) atoms. The lowest BCUT2D eigenvalue weighted by Crippen LogP contribution is -2.25. The molecule has 1 N–H and O–H groups in total. The fourth-order valence-corrected chi connectivity index (χ4v) is 3.59. The molecule has 4 rings (SSSR count). The van der Waals surface area contributed by atoms with Gasteiger partial charge >= 0.3 is 0 Å². The van der Waals surface area contributed by atoms with Gasteiger partial charge in [-0.3, -0.25) is 4.98 Å². The lowest BCUT2D eigenvalue weighted by Gasteiger charge is -2.14. The molecule has 0 bridgehead atoms. The van der Waals surface area contributed by atoms with Crippen LogP contribution in [0.1, 0.15) is 37.3 Å². The highest BCUT2D eigenvalue weighted by molar-refractivity contribution is 5.85. The Kier molecular flexibility index (Phi) is 7.07. The van der Waals surface area contributed by atoms with E-state index in [1.165, 1.54) is 46.5 Å². The van der Waals surface area contributed by atoms with Crippen molar-refractivity contribution in [2.75, 3.05) is 0 Å². The maximum absolute atomic E-state index is 5.41. The number of nitrogens with zero attached hydrogens (tertiary/aromatic N) is 1. The second-order valence-electron chi connectivity index (χ2n) is 7.38. The summed E-state index contributed by atoms with van der Waals surface area (Å²) in [6.07, 6.45) is 10.3. The van der Waals surface area contributed by atoms with Crippen molar-refractivity contribution < 1.29 is 4.42 Å². The number of hydrogen-bond donors (Lipinski definition) is 1. The van der Waals surface area contributed by atoms with Gasteiger partial charge in [0.05, 0.1) is 6.26 Å². The Hall–Kier alpha value is -2.36. The summed E-state index contributed by atoms with van der Waals surface area (Å²) < 4.78 is 5.41. The summed E-state index contributed by atoms with van der Waals surface area (Å²) in [6, 6.07) is 17.7. The zero-order valence-corrected chi connectivity index (χ0v) is 17.0. The van der Waals surface area contributed by atoms with E-state index in [0.29, 0.717) is 6.04 Å². The molecule has 0 aliphatic heterocycles. The molecular weight excluding hydrogens is 368 g/mol. The molecule has 3 nitrogen and oxygen atoms in total. The van der Waals surface area contributed by atoms with Crippen LogP contribution in [0.3, 0.4) is 0 Å². The molecule has 0 aliphatic carbocycles. The van der Waals surface area contributed by atoms with E-state index in [9.17, 15) is 0 Å². The Bertz CT molecular complexity index is 1030. The standard InChI is InChI=1S/C24H26N2O.ClH/c1-18(26-16-20-6-8-23-17-25-12-10-21(23)15-20)4-2-3-5-19-7-9-24-22(14-19)11-13-27-24;/h6-15,17-18,26H,2-5,16H2,1H3;1H/t18-;/m1./s1. The van der Waals surface area contributed by atoms with E-state index >= 15 is 0 Å². The minimum absolute atomic E-state index is 0. The fourth-order valence-electron chi connectivity index (χ4n) is 3.59. The van der Waals surface area contributed by atoms with Crippen LogP contribution in [0.5, 0.6) is 0 Å². The number of pyridine rings is 1. The van der Waals surface area contributed by atoms with Crippen molar-refractivity contribution in [3.05, 3.63) is 78.3 Å². The summed E-state index contributed by atoms with van der Waals surface area (Å²) in [5.41, 5.74) is 3.70. The molecule has 2 heterocycles. The van der Waals surface area contributed by atoms with Gasteiger partial charge in [0.15, 0.2) is 0 Å². The third-order valence-electron chi connectivity index (χ3n) is 5.23. The Labute approximate surface area is 172 Å². The van der Waals surface area contributed by atoms with Gasteiger partial charge < -0.3 is 9.73 Å². The average molecular weight is 395 g/mol. The third kappa shape index (κ3) is 5.12. The number of unbranched alkanes of at least 4 members (excludes halogenated alkanes) is 1. The highest BCUT2D eigenvalue weighted by Gasteiger charge is 2.04. The number of benzene rings is 2. The molecule has 2 aromatic heterocycles. The summed E-state index contributed by atoms with van der Waals surface area (Å²) in [5, 5.41) is 7.31. The van der Waals surface area contributed by atoms with Crippen LogP contribution in [-0.4, -0.2) is 11.0 Å². The molecule has 0 fully saturated rings. The maximum Gasteiger partial charge on any atom is 0.133 e. The van der Waals surface area contributed by atoms with Crippen molar-refractivity contribution >= 4 is 34.1 Å². The smallest absolute Gasteiger partial charge is 0.133 e.